The van der Waals surface area contributed by atoms with Crippen LogP contribution in [0, 0.1) is 5.41 Å². The number of hydrogen-bond acceptors (Lipinski definition) is 3. The zero-order chi connectivity index (χ0) is 13.7. The lowest BCUT2D eigenvalue weighted by Gasteiger charge is -2.45. The summed E-state index contributed by atoms with van der Waals surface area (Å²) in [7, 11) is 3.14. The molecule has 1 spiro atoms. The SMILES string of the molecule is COc1ccc(C2(C(=O)O)CC3(CC3)C2)cc1OC. The van der Waals surface area contributed by atoms with Gasteiger partial charge in [-0.25, -0.2) is 0 Å². The molecule has 2 fully saturated rings. The summed E-state index contributed by atoms with van der Waals surface area (Å²) < 4.78 is 10.5. The second-order valence-corrected chi connectivity index (χ2v) is 5.81. The number of methoxy groups -OCH3 is 2. The highest BCUT2D eigenvalue weighted by molar-refractivity contribution is 5.84. The van der Waals surface area contributed by atoms with Crippen molar-refractivity contribution in [3.05, 3.63) is 23.8 Å². The van der Waals surface area contributed by atoms with Crippen molar-refractivity contribution in [2.24, 2.45) is 5.41 Å². The third-order valence-electron chi connectivity index (χ3n) is 4.66. The molecule has 0 radical (unpaired) electrons. The lowest BCUT2D eigenvalue weighted by Crippen LogP contribution is -2.49. The average molecular weight is 262 g/mol. The first kappa shape index (κ1) is 12.3. The highest BCUT2D eigenvalue weighted by atomic mass is 16.5. The first-order chi connectivity index (χ1) is 9.05. The van der Waals surface area contributed by atoms with Gasteiger partial charge in [-0.3, -0.25) is 4.79 Å². The Morgan fingerprint density at radius 1 is 1.16 bits per heavy atom. The molecule has 1 N–H and O–H groups in total. The van der Waals surface area contributed by atoms with Crippen LogP contribution in [0.4, 0.5) is 0 Å². The fourth-order valence-electron chi connectivity index (χ4n) is 3.37. The van der Waals surface area contributed by atoms with Gasteiger partial charge in [-0.05, 0) is 48.8 Å². The highest BCUT2D eigenvalue weighted by Crippen LogP contribution is 2.69. The van der Waals surface area contributed by atoms with Crippen molar-refractivity contribution >= 4 is 5.97 Å². The van der Waals surface area contributed by atoms with E-state index in [1.807, 2.05) is 12.1 Å². The fourth-order valence-corrected chi connectivity index (χ4v) is 3.37. The van der Waals surface area contributed by atoms with E-state index in [2.05, 4.69) is 0 Å². The van der Waals surface area contributed by atoms with Gasteiger partial charge in [0.2, 0.25) is 0 Å². The summed E-state index contributed by atoms with van der Waals surface area (Å²) in [6, 6.07) is 5.45. The molecule has 0 atom stereocenters. The number of benzene rings is 1. The van der Waals surface area contributed by atoms with Gasteiger partial charge in [0.05, 0.1) is 19.6 Å². The lowest BCUT2D eigenvalue weighted by molar-refractivity contribution is -0.150. The van der Waals surface area contributed by atoms with Crippen molar-refractivity contribution < 1.29 is 19.4 Å². The van der Waals surface area contributed by atoms with Crippen molar-refractivity contribution in [1.82, 2.24) is 0 Å². The summed E-state index contributed by atoms with van der Waals surface area (Å²) in [6.07, 6.45) is 3.86. The number of hydrogen-bond donors (Lipinski definition) is 1. The van der Waals surface area contributed by atoms with E-state index >= 15 is 0 Å². The third-order valence-corrected chi connectivity index (χ3v) is 4.66. The second kappa shape index (κ2) is 3.89. The molecule has 102 valence electrons. The average Bonchev–Trinajstić information content (AvgIpc) is 3.15. The van der Waals surface area contributed by atoms with Crippen molar-refractivity contribution in [1.29, 1.82) is 0 Å². The Kier molecular flexibility index (Phi) is 2.52. The first-order valence-electron chi connectivity index (χ1n) is 6.51. The van der Waals surface area contributed by atoms with Gasteiger partial charge in [-0.1, -0.05) is 6.07 Å². The number of carbonyl (C=O) groups is 1. The van der Waals surface area contributed by atoms with E-state index in [1.54, 1.807) is 20.3 Å². The Labute approximate surface area is 112 Å². The molecule has 0 amide bonds. The zero-order valence-corrected chi connectivity index (χ0v) is 11.2. The number of rotatable bonds is 4. The zero-order valence-electron chi connectivity index (χ0n) is 11.2. The quantitative estimate of drug-likeness (QED) is 0.906. The molecule has 2 aliphatic carbocycles. The molecule has 2 aliphatic rings. The van der Waals surface area contributed by atoms with Gasteiger partial charge in [0.25, 0.3) is 0 Å². The molecule has 0 aliphatic heterocycles. The topological polar surface area (TPSA) is 55.8 Å². The number of carboxylic acids is 1. The predicted molar refractivity (Wildman–Crippen MR) is 69.8 cm³/mol. The van der Waals surface area contributed by atoms with Gasteiger partial charge in [0, 0.05) is 0 Å². The van der Waals surface area contributed by atoms with Gasteiger partial charge in [0.15, 0.2) is 11.5 Å². The molecule has 0 bridgehead atoms. The van der Waals surface area contributed by atoms with Crippen LogP contribution in [0.5, 0.6) is 11.5 Å². The Bertz CT molecular complexity index is 523. The van der Waals surface area contributed by atoms with E-state index in [0.717, 1.165) is 18.4 Å². The van der Waals surface area contributed by atoms with Crippen molar-refractivity contribution in [2.45, 2.75) is 31.1 Å². The van der Waals surface area contributed by atoms with Crippen LogP contribution in [-0.2, 0) is 10.2 Å². The number of carboxylic acid groups (broad SMARTS) is 1. The molecular weight excluding hydrogens is 244 g/mol. The maximum absolute atomic E-state index is 11.7. The van der Waals surface area contributed by atoms with Crippen LogP contribution in [0.1, 0.15) is 31.2 Å². The molecule has 1 aromatic rings. The minimum absolute atomic E-state index is 0.325. The maximum Gasteiger partial charge on any atom is 0.314 e. The molecule has 19 heavy (non-hydrogen) atoms. The van der Waals surface area contributed by atoms with Crippen LogP contribution in [0.15, 0.2) is 18.2 Å². The molecule has 0 saturated heterocycles. The monoisotopic (exact) mass is 262 g/mol. The molecular formula is C15H18O4. The molecule has 3 rings (SSSR count). The van der Waals surface area contributed by atoms with Crippen LogP contribution >= 0.6 is 0 Å². The largest absolute Gasteiger partial charge is 0.493 e. The third kappa shape index (κ3) is 1.70. The normalized spacial score (nSPS) is 21.6. The van der Waals surface area contributed by atoms with E-state index in [1.165, 1.54) is 12.8 Å². The second-order valence-electron chi connectivity index (χ2n) is 5.81. The Morgan fingerprint density at radius 2 is 1.79 bits per heavy atom. The van der Waals surface area contributed by atoms with Crippen LogP contribution in [0.25, 0.3) is 0 Å². The highest BCUT2D eigenvalue weighted by Gasteiger charge is 2.65. The van der Waals surface area contributed by atoms with Gasteiger partial charge >= 0.3 is 5.97 Å². The summed E-state index contributed by atoms with van der Waals surface area (Å²) in [5, 5.41) is 9.62. The van der Waals surface area contributed by atoms with E-state index < -0.39 is 11.4 Å². The standard InChI is InChI=1S/C15H18O4/c1-18-11-4-3-10(7-12(11)19-2)15(13(16)17)8-14(9-15)5-6-14/h3-4,7H,5-6,8-9H2,1-2H3,(H,16,17). The Balaban J connectivity index is 1.97. The van der Waals surface area contributed by atoms with Crippen LogP contribution in [-0.4, -0.2) is 25.3 Å². The Hall–Kier alpha value is -1.71. The fraction of sp³-hybridized carbons (Fsp3) is 0.533. The first-order valence-corrected chi connectivity index (χ1v) is 6.51. The molecule has 1 aromatic carbocycles. The smallest absolute Gasteiger partial charge is 0.314 e. The summed E-state index contributed by atoms with van der Waals surface area (Å²) in [5.41, 5.74) is 0.428. The van der Waals surface area contributed by atoms with Crippen LogP contribution in [0.2, 0.25) is 0 Å². The Morgan fingerprint density at radius 3 is 2.26 bits per heavy atom. The molecule has 0 heterocycles. The molecule has 0 unspecified atom stereocenters. The summed E-state index contributed by atoms with van der Waals surface area (Å²) >= 11 is 0. The maximum atomic E-state index is 11.7. The number of ether oxygens (including phenoxy) is 2. The molecule has 2 saturated carbocycles. The summed E-state index contributed by atoms with van der Waals surface area (Å²) in [6.45, 7) is 0. The van der Waals surface area contributed by atoms with Crippen LogP contribution in [0.3, 0.4) is 0 Å². The number of aliphatic carboxylic acids is 1. The van der Waals surface area contributed by atoms with Gasteiger partial charge < -0.3 is 14.6 Å². The van der Waals surface area contributed by atoms with Crippen LogP contribution < -0.4 is 9.47 Å². The van der Waals surface area contributed by atoms with E-state index in [0.29, 0.717) is 16.9 Å². The van der Waals surface area contributed by atoms with Crippen molar-refractivity contribution in [2.75, 3.05) is 14.2 Å². The molecule has 0 aromatic heterocycles. The minimum Gasteiger partial charge on any atom is -0.493 e. The van der Waals surface area contributed by atoms with E-state index in [-0.39, 0.29) is 0 Å². The summed E-state index contributed by atoms with van der Waals surface area (Å²) in [4.78, 5) is 11.7. The van der Waals surface area contributed by atoms with Crippen molar-refractivity contribution in [3.8, 4) is 11.5 Å². The van der Waals surface area contributed by atoms with E-state index in [4.69, 9.17) is 9.47 Å². The minimum atomic E-state index is -0.726. The predicted octanol–water partition coefficient (Wildman–Crippen LogP) is 2.60. The van der Waals surface area contributed by atoms with Crippen molar-refractivity contribution in [3.63, 3.8) is 0 Å². The molecule has 4 heteroatoms. The van der Waals surface area contributed by atoms with Gasteiger partial charge in [-0.2, -0.15) is 0 Å². The van der Waals surface area contributed by atoms with Gasteiger partial charge in [-0.15, -0.1) is 0 Å². The lowest BCUT2D eigenvalue weighted by atomic mass is 9.56. The van der Waals surface area contributed by atoms with Gasteiger partial charge in [0.1, 0.15) is 0 Å². The summed E-state index contributed by atoms with van der Waals surface area (Å²) in [5.74, 6) is 0.502. The molecule has 4 nitrogen and oxygen atoms in total. The van der Waals surface area contributed by atoms with E-state index in [9.17, 15) is 9.90 Å².